The van der Waals surface area contributed by atoms with Crippen molar-refractivity contribution in [2.75, 3.05) is 19.8 Å². The molecule has 0 fully saturated rings. The van der Waals surface area contributed by atoms with Crippen molar-refractivity contribution in [2.45, 2.75) is 6.42 Å². The molecular formula is C12H15NO7P-. The number of hydroxylamine groups is 2. The van der Waals surface area contributed by atoms with E-state index < -0.39 is 25.6 Å². The van der Waals surface area contributed by atoms with Crippen LogP contribution in [0.15, 0.2) is 24.3 Å². The molecule has 9 heteroatoms. The number of benzene rings is 1. The first-order valence-electron chi connectivity index (χ1n) is 5.97. The monoisotopic (exact) mass is 316 g/mol. The fourth-order valence-electron chi connectivity index (χ4n) is 1.61. The molecule has 2 N–H and O–H groups in total. The molecule has 8 nitrogen and oxygen atoms in total. The lowest BCUT2D eigenvalue weighted by atomic mass is 10.1. The molecule has 0 unspecified atom stereocenters. The molecule has 0 saturated heterocycles. The van der Waals surface area contributed by atoms with E-state index in [0.29, 0.717) is 0 Å². The molecule has 0 radical (unpaired) electrons. The molecule has 0 bridgehead atoms. The topological polar surface area (TPSA) is 127 Å². The Bertz CT molecular complexity index is 568. The molecule has 0 atom stereocenters. The van der Waals surface area contributed by atoms with E-state index in [9.17, 15) is 19.4 Å². The summed E-state index contributed by atoms with van der Waals surface area (Å²) in [6.07, 6.45) is -0.627. The first-order chi connectivity index (χ1) is 9.76. The highest BCUT2D eigenvalue weighted by Crippen LogP contribution is 2.34. The number of amides is 1. The number of hydrogen-bond acceptors (Lipinski definition) is 5. The highest BCUT2D eigenvalue weighted by Gasteiger charge is 2.19. The van der Waals surface area contributed by atoms with Crippen LogP contribution in [-0.2, 0) is 9.30 Å². The lowest BCUT2D eigenvalue weighted by Crippen LogP contribution is -2.28. The Balaban J connectivity index is 2.79. The normalized spacial score (nSPS) is 11.0. The lowest BCUT2D eigenvalue weighted by Gasteiger charge is -2.28. The number of carbonyl (C=O) groups excluding carboxylic acids is 2. The van der Waals surface area contributed by atoms with Crippen LogP contribution in [0.1, 0.15) is 27.1 Å². The van der Waals surface area contributed by atoms with Gasteiger partial charge in [-0.15, -0.1) is 0 Å². The molecule has 1 aromatic carbocycles. The molecule has 21 heavy (non-hydrogen) atoms. The minimum absolute atomic E-state index is 0.0409. The van der Waals surface area contributed by atoms with Gasteiger partial charge in [-0.3, -0.25) is 9.36 Å². The SMILES string of the molecule is COC(=O)c1ccccc1C(=O)N([O-])CCCP(=O)(O)O. The van der Waals surface area contributed by atoms with Crippen LogP contribution in [0.4, 0.5) is 0 Å². The lowest BCUT2D eigenvalue weighted by molar-refractivity contribution is 0.0593. The van der Waals surface area contributed by atoms with Gasteiger partial charge < -0.3 is 24.8 Å². The van der Waals surface area contributed by atoms with E-state index in [1.807, 2.05) is 0 Å². The van der Waals surface area contributed by atoms with Crippen LogP contribution >= 0.6 is 7.60 Å². The Labute approximate surface area is 121 Å². The van der Waals surface area contributed by atoms with Crippen LogP contribution in [0.25, 0.3) is 0 Å². The van der Waals surface area contributed by atoms with Gasteiger partial charge in [-0.25, -0.2) is 4.79 Å². The van der Waals surface area contributed by atoms with Gasteiger partial charge in [0.2, 0.25) is 5.91 Å². The number of nitrogens with zero attached hydrogens (tertiary/aromatic N) is 1. The summed E-state index contributed by atoms with van der Waals surface area (Å²) in [4.78, 5) is 40.8. The quantitative estimate of drug-likeness (QED) is 0.455. The first-order valence-corrected chi connectivity index (χ1v) is 7.77. The number of hydrogen-bond donors (Lipinski definition) is 2. The second kappa shape index (κ2) is 7.33. The zero-order chi connectivity index (χ0) is 16.0. The van der Waals surface area contributed by atoms with Gasteiger partial charge in [0.05, 0.1) is 24.4 Å². The number of rotatable bonds is 6. The van der Waals surface area contributed by atoms with Gasteiger partial charge in [0.15, 0.2) is 0 Å². The van der Waals surface area contributed by atoms with Gasteiger partial charge in [0.25, 0.3) is 0 Å². The second-order valence-electron chi connectivity index (χ2n) is 4.19. The van der Waals surface area contributed by atoms with Crippen LogP contribution in [-0.4, -0.2) is 46.5 Å². The van der Waals surface area contributed by atoms with Crippen molar-refractivity contribution in [3.05, 3.63) is 40.6 Å². The number of ether oxygens (including phenoxy) is 1. The van der Waals surface area contributed by atoms with E-state index >= 15 is 0 Å². The van der Waals surface area contributed by atoms with Gasteiger partial charge in [0, 0.05) is 6.54 Å². The predicted octanol–water partition coefficient (Wildman–Crippen LogP) is 0.981. The third kappa shape index (κ3) is 5.28. The van der Waals surface area contributed by atoms with Crippen molar-refractivity contribution in [3.63, 3.8) is 0 Å². The number of carbonyl (C=O) groups is 2. The summed E-state index contributed by atoms with van der Waals surface area (Å²) in [5, 5.41) is 11.7. The molecule has 0 aliphatic carbocycles. The summed E-state index contributed by atoms with van der Waals surface area (Å²) < 4.78 is 15.2. The highest BCUT2D eigenvalue weighted by molar-refractivity contribution is 7.51. The van der Waals surface area contributed by atoms with E-state index in [-0.39, 0.29) is 29.2 Å². The van der Waals surface area contributed by atoms with Crippen LogP contribution in [0.5, 0.6) is 0 Å². The Morgan fingerprint density at radius 1 is 1.29 bits per heavy atom. The summed E-state index contributed by atoms with van der Waals surface area (Å²) in [6.45, 7) is -0.376. The predicted molar refractivity (Wildman–Crippen MR) is 73.7 cm³/mol. The summed E-state index contributed by atoms with van der Waals surface area (Å²) in [5.41, 5.74) is -0.156. The summed E-state index contributed by atoms with van der Waals surface area (Å²) >= 11 is 0. The van der Waals surface area contributed by atoms with Gasteiger partial charge in [-0.05, 0) is 18.6 Å². The molecule has 0 aliphatic heterocycles. The van der Waals surface area contributed by atoms with E-state index in [1.54, 1.807) is 0 Å². The standard InChI is InChI=1S/C12H15NO7P/c1-20-12(15)10-6-3-2-5-9(10)11(14)13(16)7-4-8-21(17,18)19/h2-3,5-6H,4,7-8H2,1H3,(H2,17,18,19)/q-1. The highest BCUT2D eigenvalue weighted by atomic mass is 31.2. The summed E-state index contributed by atoms with van der Waals surface area (Å²) in [7, 11) is -3.05. The molecule has 0 saturated carbocycles. The molecule has 1 rings (SSSR count). The summed E-state index contributed by atoms with van der Waals surface area (Å²) in [6, 6.07) is 5.67. The molecule has 1 amide bonds. The van der Waals surface area contributed by atoms with Crippen molar-refractivity contribution in [1.29, 1.82) is 0 Å². The van der Waals surface area contributed by atoms with E-state index in [1.165, 1.54) is 24.3 Å². The molecule has 0 spiro atoms. The van der Waals surface area contributed by atoms with Crippen LogP contribution in [0.2, 0.25) is 0 Å². The minimum Gasteiger partial charge on any atom is -0.756 e. The van der Waals surface area contributed by atoms with Crippen molar-refractivity contribution < 1.29 is 28.7 Å². The van der Waals surface area contributed by atoms with Crippen molar-refractivity contribution >= 4 is 19.5 Å². The van der Waals surface area contributed by atoms with Crippen LogP contribution in [0.3, 0.4) is 0 Å². The largest absolute Gasteiger partial charge is 0.756 e. The number of esters is 1. The van der Waals surface area contributed by atoms with Gasteiger partial charge in [0.1, 0.15) is 0 Å². The molecular weight excluding hydrogens is 301 g/mol. The smallest absolute Gasteiger partial charge is 0.338 e. The van der Waals surface area contributed by atoms with E-state index in [4.69, 9.17) is 9.79 Å². The van der Waals surface area contributed by atoms with Gasteiger partial charge in [-0.1, -0.05) is 12.1 Å². The maximum atomic E-state index is 12.0. The fraction of sp³-hybridized carbons (Fsp3) is 0.333. The van der Waals surface area contributed by atoms with E-state index in [2.05, 4.69) is 4.74 Å². The van der Waals surface area contributed by atoms with E-state index in [0.717, 1.165) is 7.11 Å². The maximum Gasteiger partial charge on any atom is 0.338 e. The maximum absolute atomic E-state index is 12.0. The first kappa shape index (κ1) is 17.3. The number of methoxy groups -OCH3 is 1. The second-order valence-corrected chi connectivity index (χ2v) is 5.96. The molecule has 0 heterocycles. The third-order valence-corrected chi connectivity index (χ3v) is 3.50. The molecule has 0 aromatic heterocycles. The average Bonchev–Trinajstić information content (AvgIpc) is 2.44. The van der Waals surface area contributed by atoms with Gasteiger partial charge in [-0.2, -0.15) is 0 Å². The van der Waals surface area contributed by atoms with Crippen LogP contribution < -0.4 is 0 Å². The zero-order valence-electron chi connectivity index (χ0n) is 11.3. The fourth-order valence-corrected chi connectivity index (χ4v) is 2.17. The zero-order valence-corrected chi connectivity index (χ0v) is 12.2. The average molecular weight is 316 g/mol. The van der Waals surface area contributed by atoms with Gasteiger partial charge >= 0.3 is 13.6 Å². The van der Waals surface area contributed by atoms with Crippen molar-refractivity contribution in [2.24, 2.45) is 0 Å². The van der Waals surface area contributed by atoms with Crippen molar-refractivity contribution in [1.82, 2.24) is 5.06 Å². The third-order valence-electron chi connectivity index (χ3n) is 2.60. The Morgan fingerprint density at radius 3 is 2.38 bits per heavy atom. The Kier molecular flexibility index (Phi) is 6.04. The summed E-state index contributed by atoms with van der Waals surface area (Å²) in [5.74, 6) is -1.70. The molecule has 0 aliphatic rings. The minimum atomic E-state index is -4.21. The Hall–Kier alpha value is -1.73. The molecule has 1 aromatic rings. The van der Waals surface area contributed by atoms with Crippen molar-refractivity contribution in [3.8, 4) is 0 Å². The Morgan fingerprint density at radius 2 is 1.86 bits per heavy atom. The van der Waals surface area contributed by atoms with Crippen LogP contribution in [0, 0.1) is 5.21 Å². The molecule has 116 valence electrons.